The van der Waals surface area contributed by atoms with Crippen molar-refractivity contribution in [2.24, 2.45) is 17.8 Å². The van der Waals surface area contributed by atoms with Gasteiger partial charge >= 0.3 is 0 Å². The minimum atomic E-state index is -0.551. The highest BCUT2D eigenvalue weighted by Gasteiger charge is 2.41. The molecule has 8 unspecified atom stereocenters. The Morgan fingerprint density at radius 3 is 2.78 bits per heavy atom. The normalized spacial score (nSPS) is 40.1. The Labute approximate surface area is 222 Å². The van der Waals surface area contributed by atoms with Crippen LogP contribution in [0.25, 0.3) is 0 Å². The molecule has 5 rings (SSSR count). The van der Waals surface area contributed by atoms with E-state index in [9.17, 15) is 9.90 Å². The maximum atomic E-state index is 12.7. The van der Waals surface area contributed by atoms with Gasteiger partial charge in [-0.1, -0.05) is 13.3 Å². The van der Waals surface area contributed by atoms with E-state index in [1.165, 1.54) is 25.7 Å². The van der Waals surface area contributed by atoms with Crippen LogP contribution in [0, 0.1) is 17.8 Å². The number of ether oxygens (including phenoxy) is 2. The van der Waals surface area contributed by atoms with Crippen LogP contribution in [0.15, 0.2) is 0 Å². The molecular formula is C27H50N6O4. The number of likely N-dealkylation sites (tertiary alicyclic amines) is 1. The number of amides is 1. The molecule has 9 atom stereocenters. The topological polar surface area (TPSA) is 119 Å². The lowest BCUT2D eigenvalue weighted by Gasteiger charge is -2.47. The first-order valence-electron chi connectivity index (χ1n) is 14.8. The van der Waals surface area contributed by atoms with Gasteiger partial charge in [-0.15, -0.1) is 0 Å². The molecule has 10 nitrogen and oxygen atoms in total. The van der Waals surface area contributed by atoms with Gasteiger partial charge in [0.1, 0.15) is 0 Å². The third kappa shape index (κ3) is 7.22. The molecule has 5 aliphatic rings. The van der Waals surface area contributed by atoms with E-state index in [0.717, 1.165) is 32.4 Å². The van der Waals surface area contributed by atoms with Crippen molar-refractivity contribution in [2.45, 2.75) is 101 Å². The number of carbonyl (C=O) groups excluding carboxylic acids is 1. The number of piperidine rings is 1. The molecule has 3 heterocycles. The van der Waals surface area contributed by atoms with E-state index in [-0.39, 0.29) is 24.2 Å². The predicted molar refractivity (Wildman–Crippen MR) is 142 cm³/mol. The van der Waals surface area contributed by atoms with Gasteiger partial charge in [-0.25, -0.2) is 0 Å². The lowest BCUT2D eigenvalue weighted by atomic mass is 9.68. The quantitative estimate of drug-likeness (QED) is 0.234. The maximum absolute atomic E-state index is 12.7. The highest BCUT2D eigenvalue weighted by atomic mass is 16.5. The Bertz CT molecular complexity index is 742. The Morgan fingerprint density at radius 1 is 1.16 bits per heavy atom. The van der Waals surface area contributed by atoms with E-state index in [2.05, 4.69) is 45.3 Å². The highest BCUT2D eigenvalue weighted by molar-refractivity contribution is 5.81. The number of fused-ring (bicyclic) bond motifs is 1. The van der Waals surface area contributed by atoms with Crippen molar-refractivity contribution >= 4 is 5.91 Å². The third-order valence-electron chi connectivity index (χ3n) is 9.70. The number of aliphatic hydroxyl groups is 1. The number of β-amino-alcohol motifs (C(OH)–C–C–N with tert-alkyl or cyclic N) is 1. The number of hydrogen-bond acceptors (Lipinski definition) is 9. The first-order chi connectivity index (χ1) is 18.0. The molecule has 0 bridgehead atoms. The summed E-state index contributed by atoms with van der Waals surface area (Å²) in [5.74, 6) is 1.88. The first kappa shape index (κ1) is 27.7. The Hall–Kier alpha value is -0.850. The highest BCUT2D eigenvalue weighted by Crippen LogP contribution is 2.41. The summed E-state index contributed by atoms with van der Waals surface area (Å²) < 4.78 is 12.1. The number of nitrogens with zero attached hydrogens (tertiary/aromatic N) is 1. The number of rotatable bonds is 10. The van der Waals surface area contributed by atoms with Crippen LogP contribution in [0.4, 0.5) is 0 Å². The first-order valence-corrected chi connectivity index (χ1v) is 14.8. The molecule has 3 aliphatic heterocycles. The summed E-state index contributed by atoms with van der Waals surface area (Å²) in [7, 11) is 0. The zero-order valence-corrected chi connectivity index (χ0v) is 22.8. The van der Waals surface area contributed by atoms with E-state index in [4.69, 9.17) is 9.47 Å². The van der Waals surface area contributed by atoms with E-state index >= 15 is 0 Å². The summed E-state index contributed by atoms with van der Waals surface area (Å²) in [6.07, 6.45) is 8.00. The van der Waals surface area contributed by atoms with Gasteiger partial charge in [0.05, 0.1) is 43.9 Å². The van der Waals surface area contributed by atoms with Crippen LogP contribution in [0.3, 0.4) is 0 Å². The van der Waals surface area contributed by atoms with Gasteiger partial charge in [-0.2, -0.15) is 0 Å². The molecule has 6 N–H and O–H groups in total. The standard InChI is InChI=1S/C27H50N6O4/c1-17-22-8-9-33(12-19(22)6-7-24(17)36-14-25-18(2)31-16-37-25)13-21(34)11-28-27(35)23-10-26(30-15-29-23)32-20-4-3-5-20/h17-26,29-32,34H,3-16H2,1-2H3,(H,28,35)/t17?,18?,19?,21-,22?,23?,24?,25?,26?/m0/s1. The zero-order valence-electron chi connectivity index (χ0n) is 22.8. The molecule has 5 fully saturated rings. The zero-order chi connectivity index (χ0) is 25.8. The van der Waals surface area contributed by atoms with Gasteiger partial charge in [-0.3, -0.25) is 26.1 Å². The Morgan fingerprint density at radius 2 is 2.03 bits per heavy atom. The summed E-state index contributed by atoms with van der Waals surface area (Å²) in [6.45, 7) is 9.39. The average Bonchev–Trinajstić information content (AvgIpc) is 3.29. The molecule has 37 heavy (non-hydrogen) atoms. The minimum Gasteiger partial charge on any atom is -0.390 e. The molecule has 10 heteroatoms. The average molecular weight is 523 g/mol. The fourth-order valence-corrected chi connectivity index (χ4v) is 7.01. The Kier molecular flexibility index (Phi) is 9.74. The van der Waals surface area contributed by atoms with Gasteiger partial charge in [0.25, 0.3) is 0 Å². The lowest BCUT2D eigenvalue weighted by molar-refractivity contribution is -0.124. The molecular weight excluding hydrogens is 472 g/mol. The van der Waals surface area contributed by atoms with Crippen LogP contribution >= 0.6 is 0 Å². The van der Waals surface area contributed by atoms with Crippen LogP contribution in [0.5, 0.6) is 0 Å². The van der Waals surface area contributed by atoms with Crippen LogP contribution < -0.4 is 26.6 Å². The van der Waals surface area contributed by atoms with E-state index in [0.29, 0.717) is 69.0 Å². The van der Waals surface area contributed by atoms with E-state index in [1.807, 2.05) is 0 Å². The minimum absolute atomic E-state index is 0.0139. The predicted octanol–water partition coefficient (Wildman–Crippen LogP) is -0.0717. The Balaban J connectivity index is 0.993. The van der Waals surface area contributed by atoms with Gasteiger partial charge < -0.3 is 24.8 Å². The second kappa shape index (κ2) is 13.0. The van der Waals surface area contributed by atoms with Crippen molar-refractivity contribution in [1.29, 1.82) is 0 Å². The van der Waals surface area contributed by atoms with Crippen molar-refractivity contribution in [3.05, 3.63) is 0 Å². The molecule has 1 amide bonds. The molecule has 212 valence electrons. The summed E-state index contributed by atoms with van der Waals surface area (Å²) in [5.41, 5.74) is 0. The van der Waals surface area contributed by atoms with Crippen molar-refractivity contribution in [1.82, 2.24) is 31.5 Å². The van der Waals surface area contributed by atoms with Crippen molar-refractivity contribution < 1.29 is 19.4 Å². The van der Waals surface area contributed by atoms with Crippen LogP contribution in [-0.2, 0) is 14.3 Å². The largest absolute Gasteiger partial charge is 0.390 e. The van der Waals surface area contributed by atoms with E-state index < -0.39 is 6.10 Å². The molecule has 0 radical (unpaired) electrons. The molecule has 0 spiro atoms. The van der Waals surface area contributed by atoms with Crippen LogP contribution in [-0.4, -0.2) is 105 Å². The van der Waals surface area contributed by atoms with Gasteiger partial charge in [0.15, 0.2) is 0 Å². The van der Waals surface area contributed by atoms with Gasteiger partial charge in [0.2, 0.25) is 5.91 Å². The fourth-order valence-electron chi connectivity index (χ4n) is 7.01. The van der Waals surface area contributed by atoms with E-state index in [1.54, 1.807) is 0 Å². The summed E-state index contributed by atoms with van der Waals surface area (Å²) in [4.78, 5) is 15.1. The van der Waals surface area contributed by atoms with Crippen molar-refractivity contribution in [2.75, 3.05) is 46.2 Å². The summed E-state index contributed by atoms with van der Waals surface area (Å²) in [6, 6.07) is 0.719. The second-order valence-corrected chi connectivity index (χ2v) is 12.2. The number of aliphatic hydroxyl groups excluding tert-OH is 1. The SMILES string of the molecule is CC1NCOC1COC1CCC2CN(C[C@@H](O)CNC(=O)C3CC(NC4CCC4)NCN3)CCC2C1C. The van der Waals surface area contributed by atoms with Gasteiger partial charge in [0, 0.05) is 44.8 Å². The molecule has 2 saturated carbocycles. The fraction of sp³-hybridized carbons (Fsp3) is 0.963. The molecule has 2 aliphatic carbocycles. The van der Waals surface area contributed by atoms with Gasteiger partial charge in [-0.05, 0) is 63.3 Å². The second-order valence-electron chi connectivity index (χ2n) is 12.2. The van der Waals surface area contributed by atoms with Crippen molar-refractivity contribution in [3.8, 4) is 0 Å². The number of carbonyl (C=O) groups is 1. The molecule has 0 aromatic heterocycles. The van der Waals surface area contributed by atoms with Crippen LogP contribution in [0.1, 0.15) is 58.8 Å². The number of nitrogens with one attached hydrogen (secondary N) is 5. The monoisotopic (exact) mass is 522 g/mol. The third-order valence-corrected chi connectivity index (χ3v) is 9.70. The number of hydrogen-bond donors (Lipinski definition) is 6. The molecule has 0 aromatic rings. The smallest absolute Gasteiger partial charge is 0.237 e. The molecule has 0 aromatic carbocycles. The van der Waals surface area contributed by atoms with Crippen LogP contribution in [0.2, 0.25) is 0 Å². The summed E-state index contributed by atoms with van der Waals surface area (Å²) >= 11 is 0. The molecule has 3 saturated heterocycles. The lowest BCUT2D eigenvalue weighted by Crippen LogP contribution is -2.62. The summed E-state index contributed by atoms with van der Waals surface area (Å²) in [5, 5.41) is 27.3. The maximum Gasteiger partial charge on any atom is 0.237 e. The van der Waals surface area contributed by atoms with Crippen molar-refractivity contribution in [3.63, 3.8) is 0 Å².